The molecule has 15 heteroatoms. The molecule has 3 N–H and O–H groups in total. The molecule has 0 unspecified atom stereocenters. The van der Waals surface area contributed by atoms with E-state index < -0.39 is 69.7 Å². The largest absolute Gasteiger partial charge is 0.467 e. The lowest BCUT2D eigenvalue weighted by atomic mass is 10.2. The van der Waals surface area contributed by atoms with Crippen molar-refractivity contribution in [3.8, 4) is 0 Å². The first-order chi connectivity index (χ1) is 17.0. The Hall–Kier alpha value is -2.68. The van der Waals surface area contributed by atoms with Gasteiger partial charge in [0, 0.05) is 11.5 Å². The van der Waals surface area contributed by atoms with Crippen molar-refractivity contribution < 1.29 is 47.7 Å². The van der Waals surface area contributed by atoms with E-state index in [0.29, 0.717) is 0 Å². The number of rotatable bonds is 10. The van der Waals surface area contributed by atoms with E-state index in [1.54, 1.807) is 41.5 Å². The standard InChI is InChI=1S/C22H35N3O10S2/c1-21(2,3)34-19(30)23-11(17(28)32-7)9-36-13-14(16(27)25-15(13)26)37-10-12(18(29)33-8)24-20(31)35-22(4,5)6/h11-14H,9-10H2,1-8H3,(H,23,30)(H,24,31)(H,25,26,27)/t11-,12-,13-,14-/m0/s1. The van der Waals surface area contributed by atoms with Crippen LogP contribution in [0, 0.1) is 0 Å². The second-order valence-corrected chi connectivity index (χ2v) is 12.2. The molecule has 0 aromatic carbocycles. The molecule has 13 nitrogen and oxygen atoms in total. The minimum atomic E-state index is -1.16. The molecular formula is C22H35N3O10S2. The Morgan fingerprint density at radius 2 is 1.08 bits per heavy atom. The molecule has 1 fully saturated rings. The van der Waals surface area contributed by atoms with E-state index >= 15 is 0 Å². The summed E-state index contributed by atoms with van der Waals surface area (Å²) in [7, 11) is 2.29. The molecule has 1 heterocycles. The van der Waals surface area contributed by atoms with Gasteiger partial charge in [-0.05, 0) is 41.5 Å². The molecule has 0 spiro atoms. The molecule has 1 saturated heterocycles. The normalized spacial score (nSPS) is 19.2. The highest BCUT2D eigenvalue weighted by Gasteiger charge is 2.44. The molecule has 37 heavy (non-hydrogen) atoms. The molecule has 1 aliphatic rings. The smallest absolute Gasteiger partial charge is 0.408 e. The fourth-order valence-electron chi connectivity index (χ4n) is 2.79. The van der Waals surface area contributed by atoms with Gasteiger partial charge in [-0.1, -0.05) is 0 Å². The van der Waals surface area contributed by atoms with Gasteiger partial charge in [-0.3, -0.25) is 14.9 Å². The van der Waals surface area contributed by atoms with Crippen molar-refractivity contribution in [3.05, 3.63) is 0 Å². The number of esters is 2. The number of imide groups is 1. The van der Waals surface area contributed by atoms with E-state index in [-0.39, 0.29) is 11.5 Å². The van der Waals surface area contributed by atoms with Gasteiger partial charge in [0.05, 0.1) is 14.2 Å². The van der Waals surface area contributed by atoms with Gasteiger partial charge in [0.1, 0.15) is 33.8 Å². The van der Waals surface area contributed by atoms with Crippen molar-refractivity contribution in [1.82, 2.24) is 16.0 Å². The number of alkyl carbamates (subject to hydrolysis) is 2. The number of amides is 4. The zero-order valence-corrected chi connectivity index (χ0v) is 23.8. The van der Waals surface area contributed by atoms with E-state index in [1.807, 2.05) is 0 Å². The van der Waals surface area contributed by atoms with Crippen molar-refractivity contribution in [3.63, 3.8) is 0 Å². The van der Waals surface area contributed by atoms with Crippen LogP contribution in [0.2, 0.25) is 0 Å². The Morgan fingerprint density at radius 3 is 1.35 bits per heavy atom. The highest BCUT2D eigenvalue weighted by Crippen LogP contribution is 2.30. The maximum Gasteiger partial charge on any atom is 0.408 e. The molecule has 0 saturated carbocycles. The van der Waals surface area contributed by atoms with Gasteiger partial charge >= 0.3 is 24.1 Å². The third-order valence-electron chi connectivity index (χ3n) is 4.28. The molecule has 0 aromatic heterocycles. The van der Waals surface area contributed by atoms with E-state index in [1.165, 1.54) is 0 Å². The van der Waals surface area contributed by atoms with Gasteiger partial charge < -0.3 is 29.6 Å². The Kier molecular flexibility index (Phi) is 12.0. The number of hydrogen-bond acceptors (Lipinski definition) is 12. The summed E-state index contributed by atoms with van der Waals surface area (Å²) in [5, 5.41) is 5.11. The molecule has 4 amide bonds. The topological polar surface area (TPSA) is 175 Å². The van der Waals surface area contributed by atoms with Crippen molar-refractivity contribution >= 4 is 59.5 Å². The lowest BCUT2D eigenvalue weighted by molar-refractivity contribution is -0.143. The molecule has 0 bridgehead atoms. The SMILES string of the molecule is COC(=O)[C@H](CS[C@@H]1C(=O)NC(=O)[C@H]1SC[C@H](NC(=O)OC(C)(C)C)C(=O)OC)NC(=O)OC(C)(C)C. The van der Waals surface area contributed by atoms with Crippen molar-refractivity contribution in [2.24, 2.45) is 0 Å². The number of methoxy groups -OCH3 is 2. The zero-order chi connectivity index (χ0) is 28.6. The Morgan fingerprint density at radius 1 is 0.757 bits per heavy atom. The molecule has 0 aliphatic carbocycles. The van der Waals surface area contributed by atoms with Crippen LogP contribution in [0.15, 0.2) is 0 Å². The second-order valence-electron chi connectivity index (χ2n) is 9.81. The third-order valence-corrected chi connectivity index (χ3v) is 7.19. The van der Waals surface area contributed by atoms with Gasteiger partial charge in [-0.15, -0.1) is 23.5 Å². The fourth-order valence-corrected chi connectivity index (χ4v) is 5.51. The minimum Gasteiger partial charge on any atom is -0.467 e. The van der Waals surface area contributed by atoms with Gasteiger partial charge in [0.2, 0.25) is 11.8 Å². The number of ether oxygens (including phenoxy) is 4. The van der Waals surface area contributed by atoms with E-state index in [9.17, 15) is 28.8 Å². The second kappa shape index (κ2) is 13.7. The maximum atomic E-state index is 12.5. The summed E-state index contributed by atoms with van der Waals surface area (Å²) >= 11 is 1.90. The van der Waals surface area contributed by atoms with E-state index in [4.69, 9.17) is 18.9 Å². The average Bonchev–Trinajstić information content (AvgIpc) is 3.02. The van der Waals surface area contributed by atoms with Crippen molar-refractivity contribution in [2.45, 2.75) is 75.3 Å². The van der Waals surface area contributed by atoms with Gasteiger partial charge in [0.25, 0.3) is 0 Å². The Bertz CT molecular complexity index is 815. The molecule has 0 aromatic rings. The number of carbonyl (C=O) groups is 6. The summed E-state index contributed by atoms with van der Waals surface area (Å²) in [6.45, 7) is 9.94. The van der Waals surface area contributed by atoms with Crippen LogP contribution in [0.4, 0.5) is 9.59 Å². The van der Waals surface area contributed by atoms with Crippen LogP contribution in [0.3, 0.4) is 0 Å². The zero-order valence-electron chi connectivity index (χ0n) is 22.1. The quantitative estimate of drug-likeness (QED) is 0.195. The van der Waals surface area contributed by atoms with Crippen LogP contribution < -0.4 is 16.0 Å². The van der Waals surface area contributed by atoms with Crippen LogP contribution in [-0.2, 0) is 38.1 Å². The predicted octanol–water partition coefficient (Wildman–Crippen LogP) is 0.979. The van der Waals surface area contributed by atoms with Crippen LogP contribution in [0.25, 0.3) is 0 Å². The number of hydrogen-bond donors (Lipinski definition) is 3. The molecule has 1 rings (SSSR count). The number of thioether (sulfide) groups is 2. The van der Waals surface area contributed by atoms with Crippen molar-refractivity contribution in [2.75, 3.05) is 25.7 Å². The number of nitrogens with one attached hydrogen (secondary N) is 3. The lowest BCUT2D eigenvalue weighted by Crippen LogP contribution is -2.46. The molecule has 210 valence electrons. The van der Waals surface area contributed by atoms with Gasteiger partial charge in [-0.25, -0.2) is 19.2 Å². The maximum absolute atomic E-state index is 12.5. The first-order valence-electron chi connectivity index (χ1n) is 11.2. The molecular weight excluding hydrogens is 530 g/mol. The van der Waals surface area contributed by atoms with Crippen LogP contribution in [0.1, 0.15) is 41.5 Å². The van der Waals surface area contributed by atoms with Gasteiger partial charge in [0.15, 0.2) is 0 Å². The molecule has 4 atom stereocenters. The van der Waals surface area contributed by atoms with E-state index in [2.05, 4.69) is 16.0 Å². The molecule has 1 aliphatic heterocycles. The van der Waals surface area contributed by atoms with Crippen LogP contribution >= 0.6 is 23.5 Å². The lowest BCUT2D eigenvalue weighted by Gasteiger charge is -2.24. The van der Waals surface area contributed by atoms with Gasteiger partial charge in [-0.2, -0.15) is 0 Å². The number of carbonyl (C=O) groups excluding carboxylic acids is 6. The average molecular weight is 566 g/mol. The summed E-state index contributed by atoms with van der Waals surface area (Å²) in [5.74, 6) is -2.93. The van der Waals surface area contributed by atoms with Crippen molar-refractivity contribution in [1.29, 1.82) is 0 Å². The first kappa shape index (κ1) is 32.3. The highest BCUT2D eigenvalue weighted by molar-refractivity contribution is 8.05. The molecule has 0 radical (unpaired) electrons. The van der Waals surface area contributed by atoms with E-state index in [0.717, 1.165) is 37.7 Å². The summed E-state index contributed by atoms with van der Waals surface area (Å²) in [6.07, 6.45) is -1.70. The summed E-state index contributed by atoms with van der Waals surface area (Å²) in [5.41, 5.74) is -1.61. The highest BCUT2D eigenvalue weighted by atomic mass is 32.2. The Balaban J connectivity index is 2.90. The summed E-state index contributed by atoms with van der Waals surface area (Å²) < 4.78 is 19.8. The van der Waals surface area contributed by atoms with Crippen LogP contribution in [0.5, 0.6) is 0 Å². The summed E-state index contributed by atoms with van der Waals surface area (Å²) in [4.78, 5) is 73.5. The predicted molar refractivity (Wildman–Crippen MR) is 136 cm³/mol. The monoisotopic (exact) mass is 565 g/mol. The fraction of sp³-hybridized carbons (Fsp3) is 0.727. The van der Waals surface area contributed by atoms with Crippen LogP contribution in [-0.4, -0.2) is 95.5 Å². The third kappa shape index (κ3) is 11.5. The Labute approximate surface area is 224 Å². The summed E-state index contributed by atoms with van der Waals surface area (Å²) in [6, 6.07) is -2.31. The first-order valence-corrected chi connectivity index (χ1v) is 13.3. The minimum absolute atomic E-state index is 0.106.